The van der Waals surface area contributed by atoms with Gasteiger partial charge in [0.2, 0.25) is 5.95 Å². The first-order chi connectivity index (χ1) is 12.0. The topological polar surface area (TPSA) is 66.9 Å². The van der Waals surface area contributed by atoms with Crippen molar-refractivity contribution < 1.29 is 4.79 Å². The van der Waals surface area contributed by atoms with Crippen molar-refractivity contribution in [3.8, 4) is 0 Å². The van der Waals surface area contributed by atoms with Gasteiger partial charge in [-0.15, -0.1) is 0 Å². The molecule has 0 bridgehead atoms. The second kappa shape index (κ2) is 7.32. The molecule has 0 aliphatic carbocycles. The monoisotopic (exact) mass is 352 g/mol. The second-order valence-electron chi connectivity index (χ2n) is 5.70. The summed E-state index contributed by atoms with van der Waals surface area (Å²) in [6, 6.07) is 13.2. The van der Waals surface area contributed by atoms with Crippen molar-refractivity contribution in [2.45, 2.75) is 13.8 Å². The van der Waals surface area contributed by atoms with E-state index < -0.39 is 0 Å². The van der Waals surface area contributed by atoms with Crippen LogP contribution < -0.4 is 10.6 Å². The minimum Gasteiger partial charge on any atom is -0.324 e. The van der Waals surface area contributed by atoms with E-state index in [0.29, 0.717) is 16.5 Å². The van der Waals surface area contributed by atoms with Crippen molar-refractivity contribution in [2.24, 2.45) is 0 Å². The lowest BCUT2D eigenvalue weighted by Crippen LogP contribution is -2.13. The Kier molecular flexibility index (Phi) is 4.95. The molecule has 0 radical (unpaired) electrons. The number of benzene rings is 2. The lowest BCUT2D eigenvalue weighted by Gasteiger charge is -2.08. The molecule has 25 heavy (non-hydrogen) atoms. The summed E-state index contributed by atoms with van der Waals surface area (Å²) in [5.41, 5.74) is 4.02. The first-order valence-corrected chi connectivity index (χ1v) is 8.12. The first kappa shape index (κ1) is 16.9. The molecule has 1 heterocycles. The summed E-state index contributed by atoms with van der Waals surface area (Å²) in [5.74, 6) is 0.139. The number of halogens is 1. The predicted molar refractivity (Wildman–Crippen MR) is 101 cm³/mol. The fraction of sp³-hybridized carbons (Fsp3) is 0.105. The lowest BCUT2D eigenvalue weighted by molar-refractivity contribution is 0.102. The number of nitrogens with one attached hydrogen (secondary N) is 2. The molecule has 5 nitrogen and oxygen atoms in total. The summed E-state index contributed by atoms with van der Waals surface area (Å²) in [6.07, 6.45) is 2.96. The molecule has 0 saturated carbocycles. The Bertz CT molecular complexity index is 892. The average molecular weight is 353 g/mol. The number of nitrogens with zero attached hydrogens (tertiary/aromatic N) is 2. The summed E-state index contributed by atoms with van der Waals surface area (Å²) < 4.78 is 0. The SMILES string of the molecule is Cc1ccc(NC(=O)c2cnc(Nc3ccc(C)c(Cl)c3)nc2)cc1. The molecule has 0 spiro atoms. The van der Waals surface area contributed by atoms with E-state index in [2.05, 4.69) is 20.6 Å². The molecule has 1 amide bonds. The summed E-state index contributed by atoms with van der Waals surface area (Å²) in [4.78, 5) is 20.6. The maximum Gasteiger partial charge on any atom is 0.258 e. The van der Waals surface area contributed by atoms with E-state index in [1.54, 1.807) is 6.07 Å². The van der Waals surface area contributed by atoms with Gasteiger partial charge in [-0.3, -0.25) is 4.79 Å². The molecule has 126 valence electrons. The molecule has 2 N–H and O–H groups in total. The largest absolute Gasteiger partial charge is 0.324 e. The number of hydrogen-bond acceptors (Lipinski definition) is 4. The number of anilines is 3. The molecule has 1 aromatic heterocycles. The number of rotatable bonds is 4. The number of hydrogen-bond donors (Lipinski definition) is 2. The number of aryl methyl sites for hydroxylation is 2. The van der Waals surface area contributed by atoms with E-state index in [0.717, 1.165) is 22.5 Å². The molecule has 0 saturated heterocycles. The zero-order valence-electron chi connectivity index (χ0n) is 13.9. The third-order valence-corrected chi connectivity index (χ3v) is 4.06. The average Bonchev–Trinajstić information content (AvgIpc) is 2.61. The Morgan fingerprint density at radius 3 is 2.24 bits per heavy atom. The third-order valence-electron chi connectivity index (χ3n) is 3.65. The van der Waals surface area contributed by atoms with Gasteiger partial charge in [-0.25, -0.2) is 9.97 Å². The van der Waals surface area contributed by atoms with E-state index in [1.165, 1.54) is 12.4 Å². The standard InChI is InChI=1S/C19H17ClN4O/c1-12-3-6-15(7-4-12)23-18(25)14-10-21-19(22-11-14)24-16-8-5-13(2)17(20)9-16/h3-11H,1-2H3,(H,23,25)(H,21,22,24). The molecule has 3 aromatic rings. The molecule has 6 heteroatoms. The summed E-state index contributed by atoms with van der Waals surface area (Å²) >= 11 is 6.10. The van der Waals surface area contributed by atoms with Crippen LogP contribution in [0.3, 0.4) is 0 Å². The van der Waals surface area contributed by atoms with E-state index in [-0.39, 0.29) is 5.91 Å². The van der Waals surface area contributed by atoms with Gasteiger partial charge in [-0.2, -0.15) is 0 Å². The van der Waals surface area contributed by atoms with Crippen LogP contribution in [0.15, 0.2) is 54.9 Å². The number of amides is 1. The van der Waals surface area contributed by atoms with Crippen molar-refractivity contribution in [1.82, 2.24) is 9.97 Å². The molecule has 0 aliphatic heterocycles. The van der Waals surface area contributed by atoms with Gasteiger partial charge in [0.25, 0.3) is 5.91 Å². The van der Waals surface area contributed by atoms with Gasteiger partial charge in [0.05, 0.1) is 5.56 Å². The molecule has 3 rings (SSSR count). The molecule has 0 atom stereocenters. The second-order valence-corrected chi connectivity index (χ2v) is 6.11. The van der Waals surface area contributed by atoms with Crippen LogP contribution in [0, 0.1) is 13.8 Å². The van der Waals surface area contributed by atoms with Crippen molar-refractivity contribution in [2.75, 3.05) is 10.6 Å². The maximum atomic E-state index is 12.2. The Hall–Kier alpha value is -2.92. The fourth-order valence-corrected chi connectivity index (χ4v) is 2.33. The van der Waals surface area contributed by atoms with Crippen LogP contribution >= 0.6 is 11.6 Å². The maximum absolute atomic E-state index is 12.2. The van der Waals surface area contributed by atoms with E-state index >= 15 is 0 Å². The van der Waals surface area contributed by atoms with Crippen molar-refractivity contribution in [3.63, 3.8) is 0 Å². The van der Waals surface area contributed by atoms with Gasteiger partial charge in [0.1, 0.15) is 0 Å². The molecule has 0 aliphatic rings. The minimum atomic E-state index is -0.256. The summed E-state index contributed by atoms with van der Waals surface area (Å²) in [6.45, 7) is 3.93. The lowest BCUT2D eigenvalue weighted by atomic mass is 10.2. The zero-order valence-corrected chi connectivity index (χ0v) is 14.6. The predicted octanol–water partition coefficient (Wildman–Crippen LogP) is 4.74. The number of carbonyl (C=O) groups excluding carboxylic acids is 1. The molecular weight excluding hydrogens is 336 g/mol. The summed E-state index contributed by atoms with van der Waals surface area (Å²) in [5, 5.41) is 6.53. The van der Waals surface area contributed by atoms with Crippen molar-refractivity contribution in [1.29, 1.82) is 0 Å². The van der Waals surface area contributed by atoms with Gasteiger partial charge >= 0.3 is 0 Å². The highest BCUT2D eigenvalue weighted by Crippen LogP contribution is 2.21. The minimum absolute atomic E-state index is 0.256. The van der Waals surface area contributed by atoms with Crippen molar-refractivity contribution in [3.05, 3.63) is 76.6 Å². The van der Waals surface area contributed by atoms with Crippen LogP contribution in [0.25, 0.3) is 0 Å². The number of carbonyl (C=O) groups is 1. The van der Waals surface area contributed by atoms with Gasteiger partial charge in [-0.05, 0) is 43.7 Å². The van der Waals surface area contributed by atoms with Crippen LogP contribution in [0.5, 0.6) is 0 Å². The Labute approximate surface area is 151 Å². The Morgan fingerprint density at radius 1 is 0.960 bits per heavy atom. The number of aromatic nitrogens is 2. The van der Waals surface area contributed by atoms with Crippen LogP contribution in [-0.2, 0) is 0 Å². The highest BCUT2D eigenvalue weighted by molar-refractivity contribution is 6.31. The van der Waals surface area contributed by atoms with Crippen LogP contribution in [0.4, 0.5) is 17.3 Å². The van der Waals surface area contributed by atoms with Gasteiger partial charge in [0.15, 0.2) is 0 Å². The van der Waals surface area contributed by atoms with Crippen LogP contribution in [0.2, 0.25) is 5.02 Å². The quantitative estimate of drug-likeness (QED) is 0.711. The Morgan fingerprint density at radius 2 is 1.60 bits per heavy atom. The Balaban J connectivity index is 1.67. The normalized spacial score (nSPS) is 10.4. The van der Waals surface area contributed by atoms with Crippen molar-refractivity contribution >= 4 is 34.8 Å². The zero-order chi connectivity index (χ0) is 17.8. The third kappa shape index (κ3) is 4.33. The molecule has 2 aromatic carbocycles. The summed E-state index contributed by atoms with van der Waals surface area (Å²) in [7, 11) is 0. The van der Waals surface area contributed by atoms with Crippen LogP contribution in [-0.4, -0.2) is 15.9 Å². The molecular formula is C19H17ClN4O. The highest BCUT2D eigenvalue weighted by Gasteiger charge is 2.08. The highest BCUT2D eigenvalue weighted by atomic mass is 35.5. The smallest absolute Gasteiger partial charge is 0.258 e. The van der Waals surface area contributed by atoms with Gasteiger partial charge in [0, 0.05) is 28.8 Å². The molecule has 0 unspecified atom stereocenters. The van der Waals surface area contributed by atoms with Gasteiger partial charge in [-0.1, -0.05) is 35.4 Å². The van der Waals surface area contributed by atoms with E-state index in [1.807, 2.05) is 50.2 Å². The van der Waals surface area contributed by atoms with E-state index in [4.69, 9.17) is 11.6 Å². The first-order valence-electron chi connectivity index (χ1n) is 7.74. The van der Waals surface area contributed by atoms with Gasteiger partial charge < -0.3 is 10.6 Å². The van der Waals surface area contributed by atoms with E-state index in [9.17, 15) is 4.79 Å². The fourth-order valence-electron chi connectivity index (χ4n) is 2.15. The van der Waals surface area contributed by atoms with Crippen LogP contribution in [0.1, 0.15) is 21.5 Å². The molecule has 0 fully saturated rings.